The van der Waals surface area contributed by atoms with Crippen LogP contribution < -0.4 is 10.6 Å². The lowest BCUT2D eigenvalue weighted by atomic mass is 10.2. The maximum absolute atomic E-state index is 3.52. The van der Waals surface area contributed by atoms with Gasteiger partial charge in [0.2, 0.25) is 0 Å². The molecule has 0 radical (unpaired) electrons. The third kappa shape index (κ3) is 2.67. The van der Waals surface area contributed by atoms with Crippen LogP contribution >= 0.6 is 0 Å². The highest BCUT2D eigenvalue weighted by Crippen LogP contribution is 1.98. The Bertz CT molecular complexity index is 85.3. The normalized spacial score (nSPS) is 26.1. The van der Waals surface area contributed by atoms with E-state index in [-0.39, 0.29) is 0 Å². The second-order valence-corrected chi connectivity index (χ2v) is 3.49. The van der Waals surface area contributed by atoms with Gasteiger partial charge in [-0.25, -0.2) is 0 Å². The quantitative estimate of drug-likeness (QED) is 0.603. The van der Waals surface area contributed by atoms with Gasteiger partial charge in [0.05, 0.1) is 0 Å². The minimum absolute atomic E-state index is 0.738. The van der Waals surface area contributed by atoms with E-state index in [0.717, 1.165) is 25.0 Å². The fourth-order valence-electron chi connectivity index (χ4n) is 1.23. The Labute approximate surface area is 63.4 Å². The number of rotatable bonds is 3. The molecule has 0 aliphatic carbocycles. The van der Waals surface area contributed by atoms with E-state index in [2.05, 4.69) is 24.5 Å². The van der Waals surface area contributed by atoms with Gasteiger partial charge in [-0.2, -0.15) is 0 Å². The van der Waals surface area contributed by atoms with Gasteiger partial charge >= 0.3 is 0 Å². The van der Waals surface area contributed by atoms with Gasteiger partial charge in [0.15, 0.2) is 0 Å². The molecule has 0 spiro atoms. The highest BCUT2D eigenvalue weighted by Gasteiger charge is 2.12. The molecule has 2 N–H and O–H groups in total. The molecule has 1 aliphatic heterocycles. The van der Waals surface area contributed by atoms with E-state index >= 15 is 0 Å². The van der Waals surface area contributed by atoms with E-state index in [1.807, 2.05) is 0 Å². The van der Waals surface area contributed by atoms with Crippen LogP contribution in [0.3, 0.4) is 0 Å². The van der Waals surface area contributed by atoms with Crippen molar-refractivity contribution in [1.82, 2.24) is 10.6 Å². The van der Waals surface area contributed by atoms with Gasteiger partial charge in [0.25, 0.3) is 0 Å². The Balaban J connectivity index is 2.01. The van der Waals surface area contributed by atoms with Crippen molar-refractivity contribution in [3.8, 4) is 0 Å². The first-order valence-corrected chi connectivity index (χ1v) is 4.23. The first kappa shape index (κ1) is 8.02. The summed E-state index contributed by atoms with van der Waals surface area (Å²) in [6, 6.07) is 0.738. The van der Waals surface area contributed by atoms with Gasteiger partial charge in [-0.05, 0) is 25.4 Å². The summed E-state index contributed by atoms with van der Waals surface area (Å²) < 4.78 is 0. The van der Waals surface area contributed by atoms with Crippen LogP contribution in [-0.4, -0.2) is 25.7 Å². The average Bonchev–Trinajstić information content (AvgIpc) is 2.34. The molecule has 0 saturated carbocycles. The van der Waals surface area contributed by atoms with E-state index in [1.54, 1.807) is 0 Å². The van der Waals surface area contributed by atoms with E-state index in [0.29, 0.717) is 0 Å². The molecule has 1 fully saturated rings. The molecule has 1 saturated heterocycles. The highest BCUT2D eigenvalue weighted by molar-refractivity contribution is 4.77. The monoisotopic (exact) mass is 142 g/mol. The second kappa shape index (κ2) is 3.94. The molecule has 0 aromatic heterocycles. The topological polar surface area (TPSA) is 24.1 Å². The van der Waals surface area contributed by atoms with E-state index in [1.165, 1.54) is 13.0 Å². The van der Waals surface area contributed by atoms with Crippen LogP contribution in [-0.2, 0) is 0 Å². The Hall–Kier alpha value is -0.0800. The van der Waals surface area contributed by atoms with Crippen LogP contribution in [0.2, 0.25) is 0 Å². The molecule has 10 heavy (non-hydrogen) atoms. The van der Waals surface area contributed by atoms with E-state index in [4.69, 9.17) is 0 Å². The number of hydrogen-bond donors (Lipinski definition) is 2. The van der Waals surface area contributed by atoms with Crippen LogP contribution in [0.4, 0.5) is 0 Å². The van der Waals surface area contributed by atoms with Gasteiger partial charge in [0.1, 0.15) is 0 Å². The largest absolute Gasteiger partial charge is 0.315 e. The van der Waals surface area contributed by atoms with Gasteiger partial charge < -0.3 is 10.6 Å². The maximum atomic E-state index is 3.52. The lowest BCUT2D eigenvalue weighted by Crippen LogP contribution is -2.33. The summed E-state index contributed by atoms with van der Waals surface area (Å²) in [4.78, 5) is 0. The molecule has 0 aromatic rings. The van der Waals surface area contributed by atoms with Crippen molar-refractivity contribution in [3.63, 3.8) is 0 Å². The van der Waals surface area contributed by atoms with Crippen LogP contribution in [0, 0.1) is 5.92 Å². The van der Waals surface area contributed by atoms with Crippen molar-refractivity contribution in [3.05, 3.63) is 0 Å². The predicted octanol–water partition coefficient (Wildman–Crippen LogP) is 0.594. The summed E-state index contributed by atoms with van der Waals surface area (Å²) in [6.45, 7) is 8.00. The van der Waals surface area contributed by atoms with Crippen molar-refractivity contribution >= 4 is 0 Å². The lowest BCUT2D eigenvalue weighted by molar-refractivity contribution is 0.483. The summed E-state index contributed by atoms with van der Waals surface area (Å²) in [5.41, 5.74) is 0. The third-order valence-electron chi connectivity index (χ3n) is 1.88. The Morgan fingerprint density at radius 3 is 2.90 bits per heavy atom. The summed E-state index contributed by atoms with van der Waals surface area (Å²) in [5, 5.41) is 6.85. The smallest absolute Gasteiger partial charge is 0.0204 e. The first-order chi connectivity index (χ1) is 4.79. The van der Waals surface area contributed by atoms with Crippen molar-refractivity contribution in [2.45, 2.75) is 26.3 Å². The zero-order valence-corrected chi connectivity index (χ0v) is 6.98. The Morgan fingerprint density at radius 1 is 1.60 bits per heavy atom. The molecule has 1 atom stereocenters. The van der Waals surface area contributed by atoms with Gasteiger partial charge in [-0.15, -0.1) is 0 Å². The molecule has 0 unspecified atom stereocenters. The third-order valence-corrected chi connectivity index (χ3v) is 1.88. The second-order valence-electron chi connectivity index (χ2n) is 3.49. The molecule has 60 valence electrons. The van der Waals surface area contributed by atoms with Crippen LogP contribution in [0.5, 0.6) is 0 Å². The molecule has 1 heterocycles. The first-order valence-electron chi connectivity index (χ1n) is 4.23. The average molecular weight is 142 g/mol. The molecule has 1 rings (SSSR count). The van der Waals surface area contributed by atoms with Gasteiger partial charge in [-0.1, -0.05) is 13.8 Å². The van der Waals surface area contributed by atoms with Crippen molar-refractivity contribution in [2.24, 2.45) is 5.92 Å². The standard InChI is InChI=1S/C8H18N2/c1-7(2)5-10-8-3-4-9-6-8/h7-10H,3-6H2,1-2H3/t8-/m1/s1. The van der Waals surface area contributed by atoms with Gasteiger partial charge in [0, 0.05) is 12.6 Å². The zero-order chi connectivity index (χ0) is 7.40. The molecular weight excluding hydrogens is 124 g/mol. The molecule has 0 amide bonds. The van der Waals surface area contributed by atoms with Crippen LogP contribution in [0.1, 0.15) is 20.3 Å². The molecular formula is C8H18N2. The van der Waals surface area contributed by atoms with Crippen molar-refractivity contribution in [2.75, 3.05) is 19.6 Å². The summed E-state index contributed by atoms with van der Waals surface area (Å²) in [5.74, 6) is 0.778. The maximum Gasteiger partial charge on any atom is 0.0204 e. The summed E-state index contributed by atoms with van der Waals surface area (Å²) in [7, 11) is 0. The van der Waals surface area contributed by atoms with E-state index < -0.39 is 0 Å². The Morgan fingerprint density at radius 2 is 2.40 bits per heavy atom. The van der Waals surface area contributed by atoms with Crippen LogP contribution in [0.25, 0.3) is 0 Å². The SMILES string of the molecule is CC(C)CN[C@@H]1CCNC1. The fourth-order valence-corrected chi connectivity index (χ4v) is 1.23. The molecule has 2 nitrogen and oxygen atoms in total. The molecule has 0 aromatic carbocycles. The minimum Gasteiger partial charge on any atom is -0.315 e. The zero-order valence-electron chi connectivity index (χ0n) is 6.98. The van der Waals surface area contributed by atoms with Crippen molar-refractivity contribution < 1.29 is 0 Å². The number of nitrogens with one attached hydrogen (secondary N) is 2. The highest BCUT2D eigenvalue weighted by atomic mass is 15.0. The predicted molar refractivity (Wildman–Crippen MR) is 44.1 cm³/mol. The minimum atomic E-state index is 0.738. The molecule has 1 aliphatic rings. The Kier molecular flexibility index (Phi) is 3.16. The lowest BCUT2D eigenvalue weighted by Gasteiger charge is -2.12. The van der Waals surface area contributed by atoms with Crippen LogP contribution in [0.15, 0.2) is 0 Å². The van der Waals surface area contributed by atoms with Gasteiger partial charge in [-0.3, -0.25) is 0 Å². The molecule has 0 bridgehead atoms. The molecule has 2 heteroatoms. The summed E-state index contributed by atoms with van der Waals surface area (Å²) >= 11 is 0. The summed E-state index contributed by atoms with van der Waals surface area (Å²) in [6.07, 6.45) is 1.30. The van der Waals surface area contributed by atoms with Crippen molar-refractivity contribution in [1.29, 1.82) is 0 Å². The van der Waals surface area contributed by atoms with E-state index in [9.17, 15) is 0 Å². The number of hydrogen-bond acceptors (Lipinski definition) is 2. The fraction of sp³-hybridized carbons (Fsp3) is 1.00.